The Balaban J connectivity index is 4.16. The summed E-state index contributed by atoms with van der Waals surface area (Å²) in [6, 6.07) is 0. The first-order chi connectivity index (χ1) is 40.5. The van der Waals surface area contributed by atoms with Crippen molar-refractivity contribution in [2.45, 2.75) is 341 Å². The maximum Gasteiger partial charge on any atom is 0.306 e. The summed E-state index contributed by atoms with van der Waals surface area (Å²) in [4.78, 5) is 38.2. The number of carbonyl (C=O) groups excluding carboxylic acids is 3. The second-order valence-corrected chi connectivity index (χ2v) is 23.1. The van der Waals surface area contributed by atoms with Crippen molar-refractivity contribution in [2.24, 2.45) is 0 Å². The molecule has 0 spiro atoms. The third-order valence-electron chi connectivity index (χ3n) is 15.0. The molecule has 0 aliphatic carbocycles. The van der Waals surface area contributed by atoms with Crippen molar-refractivity contribution in [2.75, 3.05) is 13.2 Å². The van der Waals surface area contributed by atoms with Crippen molar-refractivity contribution in [1.29, 1.82) is 0 Å². The molecule has 0 bridgehead atoms. The van der Waals surface area contributed by atoms with Crippen LogP contribution in [-0.2, 0) is 28.6 Å². The minimum absolute atomic E-state index is 0.0781. The third kappa shape index (κ3) is 66.9. The van der Waals surface area contributed by atoms with Crippen molar-refractivity contribution < 1.29 is 28.6 Å². The van der Waals surface area contributed by atoms with Crippen molar-refractivity contribution in [3.05, 3.63) is 109 Å². The Kier molecular flexibility index (Phi) is 66.2. The lowest BCUT2D eigenvalue weighted by atomic mass is 10.0. The highest BCUT2D eigenvalue weighted by molar-refractivity contribution is 5.71. The summed E-state index contributed by atoms with van der Waals surface area (Å²) < 4.78 is 16.9. The molecular weight excluding hydrogens is 1010 g/mol. The van der Waals surface area contributed by atoms with Gasteiger partial charge < -0.3 is 14.2 Å². The topological polar surface area (TPSA) is 78.9 Å². The lowest BCUT2D eigenvalue weighted by Gasteiger charge is -2.18. The molecule has 0 saturated heterocycles. The van der Waals surface area contributed by atoms with E-state index in [9.17, 15) is 14.4 Å². The van der Waals surface area contributed by atoms with Gasteiger partial charge in [-0.1, -0.05) is 316 Å². The van der Waals surface area contributed by atoms with E-state index in [-0.39, 0.29) is 31.1 Å². The standard InChI is InChI=1S/C76H130O6/c1-4-7-10-13-16-19-21-23-25-27-29-31-33-34-35-36-37-38-39-40-41-42-44-45-47-49-51-53-55-57-60-63-66-69-75(78)81-72-73(71-80-74(77)68-65-62-59-18-15-12-9-6-3)82-76(79)70-67-64-61-58-56-54-52-50-48-46-43-32-30-28-26-24-22-20-17-14-11-8-5-2/h7,10,16,19,23,25,28-31,34-35,37-38,40-41,44-45,73H,4-6,8-9,11-15,17-18,20-22,24,26-27,32-33,36,39,42-43,46-72H2,1-3H3/b10-7-,19-16-,25-23-,30-28-,31-29-,35-34-,38-37-,41-40-,45-44-. The average Bonchev–Trinajstić information content (AvgIpc) is 3.47. The van der Waals surface area contributed by atoms with Crippen LogP contribution in [0, 0.1) is 0 Å². The molecule has 0 aliphatic rings. The van der Waals surface area contributed by atoms with E-state index in [4.69, 9.17) is 14.2 Å². The first-order valence-corrected chi connectivity index (χ1v) is 34.9. The maximum absolute atomic E-state index is 12.9. The van der Waals surface area contributed by atoms with Gasteiger partial charge >= 0.3 is 17.9 Å². The van der Waals surface area contributed by atoms with Crippen molar-refractivity contribution >= 4 is 17.9 Å². The zero-order chi connectivity index (χ0) is 59.2. The summed E-state index contributed by atoms with van der Waals surface area (Å²) in [5.41, 5.74) is 0. The van der Waals surface area contributed by atoms with Gasteiger partial charge in [0.2, 0.25) is 0 Å². The van der Waals surface area contributed by atoms with E-state index in [0.717, 1.165) is 116 Å². The van der Waals surface area contributed by atoms with Gasteiger partial charge in [-0.25, -0.2) is 0 Å². The molecule has 0 rings (SSSR count). The fourth-order valence-electron chi connectivity index (χ4n) is 9.81. The Morgan fingerprint density at radius 3 is 0.756 bits per heavy atom. The Morgan fingerprint density at radius 1 is 0.256 bits per heavy atom. The molecule has 0 aromatic carbocycles. The number of esters is 3. The van der Waals surface area contributed by atoms with Crippen LogP contribution in [0.4, 0.5) is 0 Å². The number of rotatable bonds is 63. The maximum atomic E-state index is 12.9. The van der Waals surface area contributed by atoms with Gasteiger partial charge in [-0.2, -0.15) is 0 Å². The Bertz CT molecular complexity index is 1640. The number of allylic oxidation sites excluding steroid dienone is 18. The van der Waals surface area contributed by atoms with Gasteiger partial charge in [-0.05, 0) is 109 Å². The molecule has 6 nitrogen and oxygen atoms in total. The minimum atomic E-state index is -0.781. The second kappa shape index (κ2) is 69.6. The number of unbranched alkanes of at least 4 members (excludes halogenated alkanes) is 34. The van der Waals surface area contributed by atoms with Crippen LogP contribution >= 0.6 is 0 Å². The number of hydrogen-bond donors (Lipinski definition) is 0. The second-order valence-electron chi connectivity index (χ2n) is 23.1. The van der Waals surface area contributed by atoms with Crippen LogP contribution in [0.2, 0.25) is 0 Å². The monoisotopic (exact) mass is 1140 g/mol. The third-order valence-corrected chi connectivity index (χ3v) is 15.0. The van der Waals surface area contributed by atoms with E-state index in [1.54, 1.807) is 0 Å². The zero-order valence-corrected chi connectivity index (χ0v) is 54.0. The molecule has 6 heteroatoms. The Hall–Kier alpha value is -3.93. The number of ether oxygens (including phenoxy) is 3. The highest BCUT2D eigenvalue weighted by atomic mass is 16.6. The van der Waals surface area contributed by atoms with Crippen LogP contribution in [0.25, 0.3) is 0 Å². The number of carbonyl (C=O) groups is 3. The van der Waals surface area contributed by atoms with Crippen LogP contribution in [0.3, 0.4) is 0 Å². The van der Waals surface area contributed by atoms with Gasteiger partial charge in [-0.15, -0.1) is 0 Å². The highest BCUT2D eigenvalue weighted by Crippen LogP contribution is 2.17. The highest BCUT2D eigenvalue weighted by Gasteiger charge is 2.19. The molecular formula is C76H130O6. The van der Waals surface area contributed by atoms with E-state index in [2.05, 4.69) is 130 Å². The van der Waals surface area contributed by atoms with Crippen molar-refractivity contribution in [3.8, 4) is 0 Å². The van der Waals surface area contributed by atoms with E-state index < -0.39 is 6.10 Å². The van der Waals surface area contributed by atoms with Crippen LogP contribution < -0.4 is 0 Å². The summed E-state index contributed by atoms with van der Waals surface area (Å²) in [5.74, 6) is -0.881. The summed E-state index contributed by atoms with van der Waals surface area (Å²) in [7, 11) is 0. The quantitative estimate of drug-likeness (QED) is 0.0261. The van der Waals surface area contributed by atoms with Gasteiger partial charge in [0.05, 0.1) is 0 Å². The molecule has 0 amide bonds. The summed E-state index contributed by atoms with van der Waals surface area (Å²) in [6.45, 7) is 6.52. The molecule has 0 aromatic rings. The van der Waals surface area contributed by atoms with E-state index >= 15 is 0 Å². The summed E-state index contributed by atoms with van der Waals surface area (Å²) >= 11 is 0. The molecule has 0 aliphatic heterocycles. The van der Waals surface area contributed by atoms with Crippen LogP contribution in [0.1, 0.15) is 335 Å². The molecule has 0 radical (unpaired) electrons. The van der Waals surface area contributed by atoms with Gasteiger partial charge in [0.15, 0.2) is 6.10 Å². The molecule has 0 aromatic heterocycles. The van der Waals surface area contributed by atoms with Crippen LogP contribution in [0.15, 0.2) is 109 Å². The summed E-state index contributed by atoms with van der Waals surface area (Å²) in [6.07, 6.45) is 95.6. The van der Waals surface area contributed by atoms with Crippen molar-refractivity contribution in [3.63, 3.8) is 0 Å². The van der Waals surface area contributed by atoms with Gasteiger partial charge in [0, 0.05) is 19.3 Å². The van der Waals surface area contributed by atoms with E-state index in [1.807, 2.05) is 0 Å². The molecule has 0 N–H and O–H groups in total. The molecule has 0 saturated carbocycles. The predicted octanol–water partition coefficient (Wildman–Crippen LogP) is 24.2. The Morgan fingerprint density at radius 2 is 0.476 bits per heavy atom. The lowest BCUT2D eigenvalue weighted by molar-refractivity contribution is -0.167. The molecule has 470 valence electrons. The smallest absolute Gasteiger partial charge is 0.306 e. The van der Waals surface area contributed by atoms with Crippen LogP contribution in [-0.4, -0.2) is 37.2 Å². The van der Waals surface area contributed by atoms with Gasteiger partial charge in [0.25, 0.3) is 0 Å². The summed E-state index contributed by atoms with van der Waals surface area (Å²) in [5, 5.41) is 0. The van der Waals surface area contributed by atoms with Crippen LogP contribution in [0.5, 0.6) is 0 Å². The minimum Gasteiger partial charge on any atom is -0.462 e. The first-order valence-electron chi connectivity index (χ1n) is 34.9. The number of hydrogen-bond acceptors (Lipinski definition) is 6. The van der Waals surface area contributed by atoms with Gasteiger partial charge in [0.1, 0.15) is 13.2 Å². The predicted molar refractivity (Wildman–Crippen MR) is 357 cm³/mol. The van der Waals surface area contributed by atoms with Gasteiger partial charge in [-0.3, -0.25) is 14.4 Å². The molecule has 82 heavy (non-hydrogen) atoms. The SMILES string of the molecule is CC/C=C\C/C=C\C/C=C\C/C=C\C/C=C\C/C=C\C/C=C\C/C=C\CCCCCCCCCCC(=O)OCC(COC(=O)CCCCCCCCCC)OC(=O)CCCCCCCCCCCCC/C=C\CCCCCCCCCC. The van der Waals surface area contributed by atoms with Crippen molar-refractivity contribution in [1.82, 2.24) is 0 Å². The normalized spacial score (nSPS) is 12.8. The molecule has 1 unspecified atom stereocenters. The van der Waals surface area contributed by atoms with E-state index in [1.165, 1.54) is 180 Å². The lowest BCUT2D eigenvalue weighted by Crippen LogP contribution is -2.30. The fourth-order valence-corrected chi connectivity index (χ4v) is 9.81. The average molecular weight is 1140 g/mol. The Labute approximate surface area is 508 Å². The fraction of sp³-hybridized carbons (Fsp3) is 0.724. The zero-order valence-electron chi connectivity index (χ0n) is 54.0. The van der Waals surface area contributed by atoms with E-state index in [0.29, 0.717) is 19.3 Å². The molecule has 0 fully saturated rings. The first kappa shape index (κ1) is 78.1. The molecule has 1 atom stereocenters. The molecule has 0 heterocycles. The largest absolute Gasteiger partial charge is 0.462 e.